The average Bonchev–Trinajstić information content (AvgIpc) is 2.67. The number of rotatable bonds is 7. The second-order valence-corrected chi connectivity index (χ2v) is 7.27. The fraction of sp³-hybridized carbons (Fsp3) is 0.600. The molecule has 2 amide bonds. The minimum absolute atomic E-state index is 0. The van der Waals surface area contributed by atoms with E-state index >= 15 is 0 Å². The number of hydrogen-bond acceptors (Lipinski definition) is 5. The van der Waals surface area contributed by atoms with E-state index in [1.165, 1.54) is 19.1 Å². The number of hydrogen-bond donors (Lipinski definition) is 2. The van der Waals surface area contributed by atoms with Crippen LogP contribution in [0.25, 0.3) is 0 Å². The Balaban J connectivity index is 0.00000392. The van der Waals surface area contributed by atoms with E-state index in [0.717, 1.165) is 25.9 Å². The van der Waals surface area contributed by atoms with Gasteiger partial charge in [-0.25, -0.2) is 0 Å². The Morgan fingerprint density at radius 2 is 1.75 bits per heavy atom. The average molecular weight is 414 g/mol. The van der Waals surface area contributed by atoms with Gasteiger partial charge in [0.2, 0.25) is 5.91 Å². The molecule has 1 aromatic rings. The predicted octanol–water partition coefficient (Wildman–Crippen LogP) is 2.79. The first kappa shape index (κ1) is 24.0. The summed E-state index contributed by atoms with van der Waals surface area (Å²) in [4.78, 5) is 26.7. The van der Waals surface area contributed by atoms with Crippen LogP contribution in [0.1, 0.15) is 36.5 Å². The zero-order valence-electron chi connectivity index (χ0n) is 17.3. The summed E-state index contributed by atoms with van der Waals surface area (Å²) >= 11 is 0. The molecule has 1 saturated heterocycles. The Morgan fingerprint density at radius 1 is 1.18 bits per heavy atom. The third kappa shape index (κ3) is 6.01. The summed E-state index contributed by atoms with van der Waals surface area (Å²) in [6.07, 6.45) is 2.61. The summed E-state index contributed by atoms with van der Waals surface area (Å²) in [6.45, 7) is 4.14. The number of methoxy groups -OCH3 is 2. The van der Waals surface area contributed by atoms with Crippen molar-refractivity contribution in [3.8, 4) is 11.5 Å². The number of anilines is 1. The van der Waals surface area contributed by atoms with Crippen molar-refractivity contribution in [2.24, 2.45) is 11.8 Å². The highest BCUT2D eigenvalue weighted by atomic mass is 35.5. The van der Waals surface area contributed by atoms with Crippen LogP contribution in [-0.4, -0.2) is 58.1 Å². The maximum Gasteiger partial charge on any atom is 0.255 e. The van der Waals surface area contributed by atoms with Gasteiger partial charge in [0.1, 0.15) is 0 Å². The highest BCUT2D eigenvalue weighted by Gasteiger charge is 2.24. The summed E-state index contributed by atoms with van der Waals surface area (Å²) < 4.78 is 10.6. The lowest BCUT2D eigenvalue weighted by molar-refractivity contribution is -0.117. The van der Waals surface area contributed by atoms with Crippen LogP contribution in [0.3, 0.4) is 0 Å². The maximum atomic E-state index is 12.6. The number of piperidine rings is 1. The van der Waals surface area contributed by atoms with Crippen molar-refractivity contribution in [3.05, 3.63) is 17.7 Å². The van der Waals surface area contributed by atoms with Crippen molar-refractivity contribution >= 4 is 29.9 Å². The molecule has 158 valence electrons. The monoisotopic (exact) mass is 413 g/mol. The first-order valence-electron chi connectivity index (χ1n) is 9.35. The number of benzene rings is 1. The molecule has 0 bridgehead atoms. The lowest BCUT2D eigenvalue weighted by atomic mass is 9.84. The van der Waals surface area contributed by atoms with E-state index < -0.39 is 0 Å². The van der Waals surface area contributed by atoms with Crippen LogP contribution >= 0.6 is 12.4 Å². The summed E-state index contributed by atoms with van der Waals surface area (Å²) in [6, 6.07) is 3.25. The van der Waals surface area contributed by atoms with Gasteiger partial charge in [0, 0.05) is 26.6 Å². The molecule has 7 nitrogen and oxygen atoms in total. The summed E-state index contributed by atoms with van der Waals surface area (Å²) in [7, 11) is 6.38. The Morgan fingerprint density at radius 3 is 2.29 bits per heavy atom. The fourth-order valence-electron chi connectivity index (χ4n) is 3.47. The normalized spacial score (nSPS) is 15.2. The third-order valence-corrected chi connectivity index (χ3v) is 5.13. The summed E-state index contributed by atoms with van der Waals surface area (Å²) in [5.41, 5.74) is 0.814. The van der Waals surface area contributed by atoms with Crippen molar-refractivity contribution in [1.82, 2.24) is 10.2 Å². The van der Waals surface area contributed by atoms with Crippen LogP contribution < -0.4 is 20.1 Å². The Kier molecular flexibility index (Phi) is 9.55. The van der Waals surface area contributed by atoms with Crippen LogP contribution in [-0.2, 0) is 4.79 Å². The van der Waals surface area contributed by atoms with Gasteiger partial charge in [0.05, 0.1) is 25.5 Å². The third-order valence-electron chi connectivity index (χ3n) is 5.13. The molecule has 2 rings (SSSR count). The van der Waals surface area contributed by atoms with Crippen LogP contribution in [0.4, 0.5) is 5.69 Å². The summed E-state index contributed by atoms with van der Waals surface area (Å²) in [5.74, 6) is 1.45. The molecule has 1 aromatic carbocycles. The number of amides is 2. The van der Waals surface area contributed by atoms with Gasteiger partial charge in [-0.05, 0) is 43.8 Å². The predicted molar refractivity (Wildman–Crippen MR) is 113 cm³/mol. The smallest absolute Gasteiger partial charge is 0.255 e. The van der Waals surface area contributed by atoms with Gasteiger partial charge in [-0.2, -0.15) is 0 Å². The Labute approximate surface area is 173 Å². The molecule has 28 heavy (non-hydrogen) atoms. The van der Waals surface area contributed by atoms with Crippen LogP contribution in [0, 0.1) is 11.8 Å². The Bertz CT molecular complexity index is 676. The van der Waals surface area contributed by atoms with E-state index in [0.29, 0.717) is 41.0 Å². The highest BCUT2D eigenvalue weighted by molar-refractivity contribution is 6.04. The van der Waals surface area contributed by atoms with Crippen LogP contribution in [0.15, 0.2) is 12.1 Å². The van der Waals surface area contributed by atoms with Crippen molar-refractivity contribution in [2.45, 2.75) is 26.2 Å². The van der Waals surface area contributed by atoms with Crippen molar-refractivity contribution in [1.29, 1.82) is 0 Å². The largest absolute Gasteiger partial charge is 0.493 e. The topological polar surface area (TPSA) is 79.9 Å². The van der Waals surface area contributed by atoms with Crippen molar-refractivity contribution in [2.75, 3.05) is 46.7 Å². The van der Waals surface area contributed by atoms with Gasteiger partial charge in [-0.1, -0.05) is 6.92 Å². The summed E-state index contributed by atoms with van der Waals surface area (Å²) in [5, 5.41) is 6.25. The Hall–Kier alpha value is -1.99. The van der Waals surface area contributed by atoms with E-state index in [2.05, 4.69) is 17.6 Å². The van der Waals surface area contributed by atoms with E-state index in [9.17, 15) is 9.59 Å². The van der Waals surface area contributed by atoms with Gasteiger partial charge < -0.3 is 25.0 Å². The molecule has 0 spiro atoms. The molecule has 1 heterocycles. The molecule has 1 aliphatic rings. The minimum Gasteiger partial charge on any atom is -0.493 e. The number of nitrogens with one attached hydrogen (secondary N) is 2. The molecule has 1 fully saturated rings. The second-order valence-electron chi connectivity index (χ2n) is 7.27. The van der Waals surface area contributed by atoms with Crippen LogP contribution in [0.5, 0.6) is 11.5 Å². The molecule has 2 N–H and O–H groups in total. The number of nitrogens with zero attached hydrogens (tertiary/aromatic N) is 1. The standard InChI is InChI=1S/C20H31N3O4.ClH/c1-13(14-6-8-21-9-7-14)10-19(24)22-16-12-18(27-5)17(26-4)11-15(16)20(25)23(2)3;/h11-14,21H,6-10H2,1-5H3,(H,22,24);1H. The van der Waals surface area contributed by atoms with E-state index in [1.807, 2.05) is 0 Å². The number of carbonyl (C=O) groups is 2. The lowest BCUT2D eigenvalue weighted by Crippen LogP contribution is -2.32. The highest BCUT2D eigenvalue weighted by Crippen LogP contribution is 2.34. The molecule has 0 saturated carbocycles. The quantitative estimate of drug-likeness (QED) is 0.718. The molecule has 0 radical (unpaired) electrons. The number of ether oxygens (including phenoxy) is 2. The van der Waals surface area contributed by atoms with Crippen LogP contribution in [0.2, 0.25) is 0 Å². The molecule has 1 aliphatic heterocycles. The molecular formula is C20H32ClN3O4. The van der Waals surface area contributed by atoms with E-state index in [-0.39, 0.29) is 24.2 Å². The lowest BCUT2D eigenvalue weighted by Gasteiger charge is -2.28. The van der Waals surface area contributed by atoms with Gasteiger partial charge in [0.25, 0.3) is 5.91 Å². The molecule has 1 unspecified atom stereocenters. The fourth-order valence-corrected chi connectivity index (χ4v) is 3.47. The van der Waals surface area contributed by atoms with Gasteiger partial charge in [0.15, 0.2) is 11.5 Å². The zero-order chi connectivity index (χ0) is 20.0. The molecular weight excluding hydrogens is 382 g/mol. The van der Waals surface area contributed by atoms with E-state index in [4.69, 9.17) is 9.47 Å². The van der Waals surface area contributed by atoms with Gasteiger partial charge >= 0.3 is 0 Å². The SMILES string of the molecule is COc1cc(NC(=O)CC(C)C2CCNCC2)c(C(=O)N(C)C)cc1OC.Cl. The number of halogens is 1. The first-order valence-corrected chi connectivity index (χ1v) is 9.35. The maximum absolute atomic E-state index is 12.6. The molecule has 1 atom stereocenters. The van der Waals surface area contributed by atoms with Gasteiger partial charge in [-0.15, -0.1) is 12.4 Å². The van der Waals surface area contributed by atoms with E-state index in [1.54, 1.807) is 26.2 Å². The second kappa shape index (κ2) is 11.1. The molecule has 0 aliphatic carbocycles. The van der Waals surface area contributed by atoms with Crippen molar-refractivity contribution < 1.29 is 19.1 Å². The number of carbonyl (C=O) groups excluding carboxylic acids is 2. The van der Waals surface area contributed by atoms with Crippen molar-refractivity contribution in [3.63, 3.8) is 0 Å². The zero-order valence-corrected chi connectivity index (χ0v) is 18.1. The first-order chi connectivity index (χ1) is 12.9. The minimum atomic E-state index is -0.211. The molecule has 8 heteroatoms. The molecule has 0 aromatic heterocycles. The van der Waals surface area contributed by atoms with Gasteiger partial charge in [-0.3, -0.25) is 9.59 Å².